The Morgan fingerprint density at radius 2 is 2.05 bits per heavy atom. The molecule has 1 saturated heterocycles. The Morgan fingerprint density at radius 1 is 1.25 bits per heavy atom. The van der Waals surface area contributed by atoms with E-state index < -0.39 is 0 Å². The van der Waals surface area contributed by atoms with Crippen molar-refractivity contribution >= 4 is 0 Å². The topological polar surface area (TPSA) is 51.0 Å². The second-order valence-electron chi connectivity index (χ2n) is 5.84. The minimum absolute atomic E-state index is 0.643. The first-order valence-electron chi connectivity index (χ1n) is 7.28. The lowest BCUT2D eigenvalue weighted by Crippen LogP contribution is -2.10. The van der Waals surface area contributed by atoms with Crippen molar-refractivity contribution in [3.8, 4) is 0 Å². The van der Waals surface area contributed by atoms with Crippen LogP contribution in [-0.2, 0) is 12.8 Å². The highest BCUT2D eigenvalue weighted by Gasteiger charge is 2.18. The van der Waals surface area contributed by atoms with Crippen molar-refractivity contribution in [3.63, 3.8) is 0 Å². The molecule has 4 nitrogen and oxygen atoms in total. The number of aryl methyl sites for hydroxylation is 2. The molecule has 1 aromatic heterocycles. The van der Waals surface area contributed by atoms with E-state index in [2.05, 4.69) is 47.5 Å². The maximum atomic E-state index is 5.37. The predicted octanol–water partition coefficient (Wildman–Crippen LogP) is 2.43. The minimum atomic E-state index is 0.643. The molecule has 20 heavy (non-hydrogen) atoms. The van der Waals surface area contributed by atoms with E-state index in [1.807, 2.05) is 0 Å². The zero-order valence-corrected chi connectivity index (χ0v) is 12.1. The Balaban J connectivity index is 1.67. The quantitative estimate of drug-likeness (QED) is 0.928. The van der Waals surface area contributed by atoms with E-state index in [-0.39, 0.29) is 0 Å². The van der Waals surface area contributed by atoms with Crippen LogP contribution in [0, 0.1) is 19.8 Å². The Hall–Kier alpha value is -1.68. The van der Waals surface area contributed by atoms with E-state index >= 15 is 0 Å². The second kappa shape index (κ2) is 5.75. The third-order valence-corrected chi connectivity index (χ3v) is 3.78. The SMILES string of the molecule is Cc1cc(C)cc(Cc2noc(CC3CCNC3)n2)c1. The number of hydrogen-bond donors (Lipinski definition) is 1. The minimum Gasteiger partial charge on any atom is -0.339 e. The fourth-order valence-electron chi connectivity index (χ4n) is 2.93. The number of rotatable bonds is 4. The van der Waals surface area contributed by atoms with E-state index in [1.54, 1.807) is 0 Å². The van der Waals surface area contributed by atoms with Crippen LogP contribution in [0.15, 0.2) is 22.7 Å². The number of nitrogens with one attached hydrogen (secondary N) is 1. The highest BCUT2D eigenvalue weighted by molar-refractivity contribution is 5.30. The molecule has 1 aliphatic heterocycles. The van der Waals surface area contributed by atoms with Crippen LogP contribution in [0.25, 0.3) is 0 Å². The number of hydrogen-bond acceptors (Lipinski definition) is 4. The first-order valence-corrected chi connectivity index (χ1v) is 7.28. The van der Waals surface area contributed by atoms with Gasteiger partial charge in [-0.1, -0.05) is 34.5 Å². The standard InChI is InChI=1S/C16H21N3O/c1-11-5-12(2)7-14(6-11)8-15-18-16(20-19-15)9-13-3-4-17-10-13/h5-7,13,17H,3-4,8-10H2,1-2H3. The molecule has 1 fully saturated rings. The molecule has 4 heteroatoms. The predicted molar refractivity (Wildman–Crippen MR) is 77.7 cm³/mol. The Kier molecular flexibility index (Phi) is 3.83. The fourth-order valence-corrected chi connectivity index (χ4v) is 2.93. The van der Waals surface area contributed by atoms with Crippen LogP contribution < -0.4 is 5.32 Å². The van der Waals surface area contributed by atoms with Crippen molar-refractivity contribution in [2.45, 2.75) is 33.1 Å². The highest BCUT2D eigenvalue weighted by Crippen LogP contribution is 2.16. The van der Waals surface area contributed by atoms with Crippen molar-refractivity contribution in [2.75, 3.05) is 13.1 Å². The first kappa shape index (κ1) is 13.3. The summed E-state index contributed by atoms with van der Waals surface area (Å²) >= 11 is 0. The zero-order chi connectivity index (χ0) is 13.9. The Labute approximate surface area is 119 Å². The van der Waals surface area contributed by atoms with Crippen LogP contribution in [0.3, 0.4) is 0 Å². The molecule has 2 heterocycles. The molecule has 1 aliphatic rings. The molecule has 1 N–H and O–H groups in total. The number of aromatic nitrogens is 2. The van der Waals surface area contributed by atoms with Crippen LogP contribution in [0.5, 0.6) is 0 Å². The summed E-state index contributed by atoms with van der Waals surface area (Å²) in [5.74, 6) is 2.21. The third kappa shape index (κ3) is 3.25. The van der Waals surface area contributed by atoms with Gasteiger partial charge >= 0.3 is 0 Å². The molecule has 2 aromatic rings. The molecule has 1 unspecified atom stereocenters. The van der Waals surface area contributed by atoms with Gasteiger partial charge in [-0.05, 0) is 44.8 Å². The van der Waals surface area contributed by atoms with E-state index in [4.69, 9.17) is 4.52 Å². The van der Waals surface area contributed by atoms with Gasteiger partial charge in [-0.3, -0.25) is 0 Å². The van der Waals surface area contributed by atoms with Crippen molar-refractivity contribution in [1.29, 1.82) is 0 Å². The smallest absolute Gasteiger partial charge is 0.226 e. The molecule has 0 saturated carbocycles. The van der Waals surface area contributed by atoms with Gasteiger partial charge in [-0.25, -0.2) is 0 Å². The largest absolute Gasteiger partial charge is 0.339 e. The van der Waals surface area contributed by atoms with Gasteiger partial charge in [-0.2, -0.15) is 4.98 Å². The lowest BCUT2D eigenvalue weighted by atomic mass is 10.0. The van der Waals surface area contributed by atoms with Crippen LogP contribution in [0.2, 0.25) is 0 Å². The average molecular weight is 271 g/mol. The molecule has 1 atom stereocenters. The summed E-state index contributed by atoms with van der Waals surface area (Å²) < 4.78 is 5.37. The monoisotopic (exact) mass is 271 g/mol. The molecule has 3 rings (SSSR count). The zero-order valence-electron chi connectivity index (χ0n) is 12.1. The molecule has 0 bridgehead atoms. The van der Waals surface area contributed by atoms with Crippen molar-refractivity contribution in [1.82, 2.24) is 15.5 Å². The van der Waals surface area contributed by atoms with Gasteiger partial charge in [0.05, 0.1) is 0 Å². The van der Waals surface area contributed by atoms with Gasteiger partial charge in [0.25, 0.3) is 0 Å². The summed E-state index contributed by atoms with van der Waals surface area (Å²) in [5, 5.41) is 7.47. The number of nitrogens with zero attached hydrogens (tertiary/aromatic N) is 2. The van der Waals surface area contributed by atoms with Crippen LogP contribution in [-0.4, -0.2) is 23.2 Å². The molecular weight excluding hydrogens is 250 g/mol. The normalized spacial score (nSPS) is 18.6. The van der Waals surface area contributed by atoms with Gasteiger partial charge in [0.2, 0.25) is 5.89 Å². The van der Waals surface area contributed by atoms with E-state index in [9.17, 15) is 0 Å². The molecule has 1 aromatic carbocycles. The fraction of sp³-hybridized carbons (Fsp3) is 0.500. The summed E-state index contributed by atoms with van der Waals surface area (Å²) in [5.41, 5.74) is 3.80. The molecule has 106 valence electrons. The van der Waals surface area contributed by atoms with E-state index in [1.165, 1.54) is 23.1 Å². The summed E-state index contributed by atoms with van der Waals surface area (Å²) in [6.07, 6.45) is 2.84. The van der Waals surface area contributed by atoms with Crippen molar-refractivity contribution in [2.24, 2.45) is 5.92 Å². The van der Waals surface area contributed by atoms with Gasteiger partial charge in [-0.15, -0.1) is 0 Å². The molecule has 0 radical (unpaired) electrons. The van der Waals surface area contributed by atoms with E-state index in [0.717, 1.165) is 37.6 Å². The van der Waals surface area contributed by atoms with Crippen LogP contribution in [0.1, 0.15) is 34.8 Å². The molecule has 0 spiro atoms. The maximum Gasteiger partial charge on any atom is 0.226 e. The summed E-state index contributed by atoms with van der Waals surface area (Å²) in [4.78, 5) is 4.52. The van der Waals surface area contributed by atoms with Crippen molar-refractivity contribution < 1.29 is 4.52 Å². The summed E-state index contributed by atoms with van der Waals surface area (Å²) in [6, 6.07) is 6.55. The third-order valence-electron chi connectivity index (χ3n) is 3.78. The Bertz CT molecular complexity index is 565. The molecular formula is C16H21N3O. The van der Waals surface area contributed by atoms with E-state index in [0.29, 0.717) is 5.92 Å². The average Bonchev–Trinajstić information content (AvgIpc) is 3.01. The first-order chi connectivity index (χ1) is 9.69. The van der Waals surface area contributed by atoms with Gasteiger partial charge < -0.3 is 9.84 Å². The maximum absolute atomic E-state index is 5.37. The van der Waals surface area contributed by atoms with Gasteiger partial charge in [0.15, 0.2) is 5.82 Å². The second-order valence-corrected chi connectivity index (χ2v) is 5.84. The van der Waals surface area contributed by atoms with Gasteiger partial charge in [0.1, 0.15) is 0 Å². The summed E-state index contributed by atoms with van der Waals surface area (Å²) in [7, 11) is 0. The lowest BCUT2D eigenvalue weighted by molar-refractivity contribution is 0.354. The Morgan fingerprint density at radius 3 is 2.75 bits per heavy atom. The molecule has 0 aliphatic carbocycles. The lowest BCUT2D eigenvalue weighted by Gasteiger charge is -2.02. The van der Waals surface area contributed by atoms with Crippen molar-refractivity contribution in [3.05, 3.63) is 46.6 Å². The number of benzene rings is 1. The highest BCUT2D eigenvalue weighted by atomic mass is 16.5. The van der Waals surface area contributed by atoms with Crippen LogP contribution in [0.4, 0.5) is 0 Å². The van der Waals surface area contributed by atoms with Crippen LogP contribution >= 0.6 is 0 Å². The van der Waals surface area contributed by atoms with Gasteiger partial charge in [0, 0.05) is 12.8 Å². The molecule has 0 amide bonds. The summed E-state index contributed by atoms with van der Waals surface area (Å²) in [6.45, 7) is 6.40.